The summed E-state index contributed by atoms with van der Waals surface area (Å²) in [5, 5.41) is 15.5. The van der Waals surface area contributed by atoms with Gasteiger partial charge in [-0.3, -0.25) is 10.2 Å². The number of H-pyrrole nitrogens is 2. The number of aromatic amines is 2. The van der Waals surface area contributed by atoms with Gasteiger partial charge in [-0.1, -0.05) is 58.4 Å². The third kappa shape index (κ3) is 4.76. The number of aromatic nitrogens is 4. The Balaban J connectivity index is 1.20. The van der Waals surface area contributed by atoms with Crippen LogP contribution in [-0.2, 0) is 6.42 Å². The highest BCUT2D eigenvalue weighted by atomic mass is 79.9. The van der Waals surface area contributed by atoms with E-state index in [2.05, 4.69) is 60.6 Å². The summed E-state index contributed by atoms with van der Waals surface area (Å²) in [6.07, 6.45) is 0.529. The van der Waals surface area contributed by atoms with Gasteiger partial charge in [0.05, 0.1) is 29.9 Å². The van der Waals surface area contributed by atoms with Crippen LogP contribution in [0.5, 0.6) is 11.5 Å². The Kier molecular flexibility index (Phi) is 6.32. The summed E-state index contributed by atoms with van der Waals surface area (Å²) in [5.74, 6) is 1.63. The molecule has 4 N–H and O–H groups in total. The van der Waals surface area contributed by atoms with Crippen LogP contribution >= 0.6 is 15.9 Å². The minimum Gasteiger partial charge on any atom is -0.496 e. The fraction of sp³-hybridized carbons (Fsp3) is 0.0909. The maximum Gasteiger partial charge on any atom is 0.133 e. The predicted molar refractivity (Wildman–Crippen MR) is 165 cm³/mol. The van der Waals surface area contributed by atoms with Crippen LogP contribution in [0.1, 0.15) is 17.2 Å². The largest absolute Gasteiger partial charge is 0.496 e. The maximum atomic E-state index is 6.63. The molecule has 0 spiro atoms. The SMILES string of the molecule is COc1ccccc1-c1cc(-c2cc(N)cc(C3Cc4cc(Br)cc(-c5cc(-c6ccccc6)n[nH]5)c4O3)c2)n[nH]1. The van der Waals surface area contributed by atoms with Crippen molar-refractivity contribution in [3.63, 3.8) is 0 Å². The minimum atomic E-state index is -0.190. The van der Waals surface area contributed by atoms with Crippen molar-refractivity contribution in [1.82, 2.24) is 20.4 Å². The number of nitrogens with one attached hydrogen (secondary N) is 2. The molecule has 0 amide bonds. The van der Waals surface area contributed by atoms with Gasteiger partial charge in [0, 0.05) is 44.4 Å². The fourth-order valence-corrected chi connectivity index (χ4v) is 5.92. The van der Waals surface area contributed by atoms with E-state index in [9.17, 15) is 0 Å². The number of para-hydroxylation sites is 1. The maximum absolute atomic E-state index is 6.63. The van der Waals surface area contributed by atoms with Crippen LogP contribution in [-0.4, -0.2) is 27.5 Å². The fourth-order valence-electron chi connectivity index (χ4n) is 5.41. The molecule has 1 unspecified atom stereocenters. The number of nitrogen functional groups attached to an aromatic ring is 1. The lowest BCUT2D eigenvalue weighted by atomic mass is 9.98. The topological polar surface area (TPSA) is 102 Å². The Morgan fingerprint density at radius 1 is 0.805 bits per heavy atom. The standard InChI is InChI=1S/C33H26BrN5O2/c1-40-31-10-6-5-9-25(31)29-18-28(37-38-29)20-11-21(14-24(35)13-20)32-15-22-12-23(34)16-26(33(22)41-32)30-17-27(36-39-30)19-7-3-2-4-8-19/h2-14,16-18,32H,15,35H2,1H3,(H,36,39)(H,37,38). The van der Waals surface area contributed by atoms with E-state index in [1.54, 1.807) is 7.11 Å². The molecule has 1 aliphatic heterocycles. The van der Waals surface area contributed by atoms with Gasteiger partial charge in [0.25, 0.3) is 0 Å². The number of hydrogen-bond donors (Lipinski definition) is 3. The van der Waals surface area contributed by atoms with Crippen molar-refractivity contribution in [2.75, 3.05) is 12.8 Å². The van der Waals surface area contributed by atoms with Gasteiger partial charge in [0.2, 0.25) is 0 Å². The predicted octanol–water partition coefficient (Wildman–Crippen LogP) is 7.83. The summed E-state index contributed by atoms with van der Waals surface area (Å²) in [7, 11) is 1.67. The lowest BCUT2D eigenvalue weighted by Gasteiger charge is -2.14. The number of ether oxygens (including phenoxy) is 2. The molecule has 7 rings (SSSR count). The third-order valence-corrected chi connectivity index (χ3v) is 7.81. The summed E-state index contributed by atoms with van der Waals surface area (Å²) >= 11 is 3.70. The van der Waals surface area contributed by atoms with Crippen LogP contribution in [0.2, 0.25) is 0 Å². The number of halogens is 1. The first kappa shape index (κ1) is 25.2. The van der Waals surface area contributed by atoms with E-state index in [1.807, 2.05) is 72.8 Å². The number of nitrogens with two attached hydrogens (primary N) is 1. The van der Waals surface area contributed by atoms with Crippen molar-refractivity contribution in [1.29, 1.82) is 0 Å². The number of rotatable bonds is 6. The molecule has 1 atom stereocenters. The molecule has 4 aromatic carbocycles. The summed E-state index contributed by atoms with van der Waals surface area (Å²) in [6, 6.07) is 32.3. The molecule has 0 saturated heterocycles. The number of nitrogens with zero attached hydrogens (tertiary/aromatic N) is 2. The molecular formula is C33H26BrN5O2. The van der Waals surface area contributed by atoms with E-state index < -0.39 is 0 Å². The van der Waals surface area contributed by atoms with Gasteiger partial charge in [0.1, 0.15) is 17.6 Å². The lowest BCUT2D eigenvalue weighted by Crippen LogP contribution is -2.04. The highest BCUT2D eigenvalue weighted by molar-refractivity contribution is 9.10. The van der Waals surface area contributed by atoms with Crippen molar-refractivity contribution in [3.8, 4) is 56.5 Å². The zero-order chi connectivity index (χ0) is 27.9. The van der Waals surface area contributed by atoms with E-state index in [0.29, 0.717) is 5.69 Å². The second-order valence-electron chi connectivity index (χ2n) is 10.0. The Bertz CT molecular complexity index is 1880. The summed E-state index contributed by atoms with van der Waals surface area (Å²) in [5.41, 5.74) is 16.5. The van der Waals surface area contributed by atoms with Crippen LogP contribution in [0.4, 0.5) is 5.69 Å². The van der Waals surface area contributed by atoms with Crippen LogP contribution in [0.25, 0.3) is 45.0 Å². The van der Waals surface area contributed by atoms with Crippen LogP contribution in [0.3, 0.4) is 0 Å². The Morgan fingerprint density at radius 2 is 1.51 bits per heavy atom. The molecule has 3 heterocycles. The minimum absolute atomic E-state index is 0.190. The van der Waals surface area contributed by atoms with E-state index in [4.69, 9.17) is 15.2 Å². The molecular weight excluding hydrogens is 578 g/mol. The van der Waals surface area contributed by atoms with Gasteiger partial charge in [-0.2, -0.15) is 10.2 Å². The summed E-state index contributed by atoms with van der Waals surface area (Å²) in [6.45, 7) is 0. The second kappa shape index (κ2) is 10.3. The third-order valence-electron chi connectivity index (χ3n) is 7.35. The number of benzene rings is 4. The normalized spacial score (nSPS) is 14.0. The van der Waals surface area contributed by atoms with Gasteiger partial charge in [-0.05, 0) is 60.2 Å². The first-order chi connectivity index (χ1) is 20.1. The first-order valence-corrected chi connectivity index (χ1v) is 14.0. The number of fused-ring (bicyclic) bond motifs is 1. The zero-order valence-corrected chi connectivity index (χ0v) is 23.8. The quantitative estimate of drug-likeness (QED) is 0.168. The Hall–Kier alpha value is -4.82. The lowest BCUT2D eigenvalue weighted by molar-refractivity contribution is 0.239. The van der Waals surface area contributed by atoms with E-state index in [-0.39, 0.29) is 6.10 Å². The van der Waals surface area contributed by atoms with Gasteiger partial charge >= 0.3 is 0 Å². The Morgan fingerprint density at radius 3 is 2.29 bits per heavy atom. The summed E-state index contributed by atoms with van der Waals surface area (Å²) < 4.78 is 13.1. The zero-order valence-electron chi connectivity index (χ0n) is 22.2. The second-order valence-corrected chi connectivity index (χ2v) is 11.0. The van der Waals surface area contributed by atoms with Gasteiger partial charge in [0.15, 0.2) is 0 Å². The molecule has 1 aliphatic rings. The van der Waals surface area contributed by atoms with E-state index >= 15 is 0 Å². The van der Waals surface area contributed by atoms with Crippen LogP contribution in [0, 0.1) is 0 Å². The average Bonchev–Trinajstić information content (AvgIpc) is 3.77. The van der Waals surface area contributed by atoms with E-state index in [1.165, 1.54) is 0 Å². The first-order valence-electron chi connectivity index (χ1n) is 13.3. The van der Waals surface area contributed by atoms with Crippen molar-refractivity contribution < 1.29 is 9.47 Å². The van der Waals surface area contributed by atoms with Crippen LogP contribution < -0.4 is 15.2 Å². The molecule has 41 heavy (non-hydrogen) atoms. The molecule has 8 heteroatoms. The smallest absolute Gasteiger partial charge is 0.133 e. The molecule has 0 radical (unpaired) electrons. The Labute approximate surface area is 245 Å². The van der Waals surface area contributed by atoms with Gasteiger partial charge in [-0.25, -0.2) is 0 Å². The molecule has 0 aliphatic carbocycles. The van der Waals surface area contributed by atoms with Crippen molar-refractivity contribution in [2.45, 2.75) is 12.5 Å². The molecule has 6 aromatic rings. The van der Waals surface area contributed by atoms with Crippen molar-refractivity contribution in [2.24, 2.45) is 0 Å². The monoisotopic (exact) mass is 603 g/mol. The molecule has 7 nitrogen and oxygen atoms in total. The van der Waals surface area contributed by atoms with E-state index in [0.717, 1.165) is 78.5 Å². The average molecular weight is 605 g/mol. The number of hydrogen-bond acceptors (Lipinski definition) is 5. The summed E-state index contributed by atoms with van der Waals surface area (Å²) in [4.78, 5) is 0. The van der Waals surface area contributed by atoms with Gasteiger partial charge in [-0.15, -0.1) is 0 Å². The molecule has 0 bridgehead atoms. The molecule has 202 valence electrons. The number of methoxy groups -OCH3 is 1. The van der Waals surface area contributed by atoms with Crippen molar-refractivity contribution in [3.05, 3.63) is 113 Å². The molecule has 0 saturated carbocycles. The number of anilines is 1. The highest BCUT2D eigenvalue weighted by Gasteiger charge is 2.29. The highest BCUT2D eigenvalue weighted by Crippen LogP contribution is 2.46. The van der Waals surface area contributed by atoms with Gasteiger partial charge < -0.3 is 15.2 Å². The van der Waals surface area contributed by atoms with Crippen LogP contribution in [0.15, 0.2) is 102 Å². The molecule has 0 fully saturated rings. The van der Waals surface area contributed by atoms with Crippen molar-refractivity contribution >= 4 is 21.6 Å². The molecule has 2 aromatic heterocycles.